The lowest BCUT2D eigenvalue weighted by molar-refractivity contribution is -0.890. The number of nitrogens with zero attached hydrogens (tertiary/aromatic N) is 1. The Labute approximate surface area is 608 Å². The molecule has 0 saturated heterocycles. The number of nitrogens with one attached hydrogen (secondary N) is 4. The van der Waals surface area contributed by atoms with Crippen LogP contribution in [0.5, 0.6) is 0 Å². The van der Waals surface area contributed by atoms with Crippen LogP contribution in [0.2, 0.25) is 0 Å². The van der Waals surface area contributed by atoms with E-state index >= 15 is 0 Å². The standard InChI is InChI=1S/C39H96N5O50P11.CH4/c1-40-30-69-21-35(20-45)91-102(61,62)82-17-13-79-99(55,56)87-27-37(23-71-32-42-3)92-103(63,64)84-18-14-80-100(57,58)88-28-38(24-72-33-43-4)93-104(65,66)85-19-15-81-101(59,60)89-29-39(25-73-34-44(5,6)7)94-105(67,68)83-16-12-77-97(51,52)75-9-8-74-96(49,50)76-10-11-78-98(53,54)86-26-36(22-70-31-41-2)90-95(46,47)48;/h35-43,45H,8-34H2,1-7H3,(H11-,46,47,48,49,50,51,52,53,54,55,56,57,58,59,60,61,62,63,64,65,66,67,68);1H4/p-9. The molecule has 0 heterocycles. The predicted molar refractivity (Wildman–Crippen MR) is 330 cm³/mol. The Hall–Kier alpha value is 0.770. The zero-order valence-corrected chi connectivity index (χ0v) is 66.7. The van der Waals surface area contributed by atoms with E-state index in [-0.39, 0.29) is 52.2 Å². The molecule has 640 valence electrons. The molecule has 0 rings (SSSR count). The first kappa shape index (κ1) is 109. The topological polar surface area (TPSA) is 767 Å². The van der Waals surface area contributed by atoms with Crippen LogP contribution in [0, 0.1) is 0 Å². The lowest BCUT2D eigenvalue weighted by Crippen LogP contribution is -2.38. The van der Waals surface area contributed by atoms with Gasteiger partial charge in [-0.1, -0.05) is 7.43 Å². The number of rotatable bonds is 73. The van der Waals surface area contributed by atoms with Crippen LogP contribution in [0.4, 0.5) is 0 Å². The van der Waals surface area contributed by atoms with Crippen LogP contribution in [-0.4, -0.2) is 278 Å². The summed E-state index contributed by atoms with van der Waals surface area (Å²) in [6, 6.07) is 0. The molecule has 0 saturated carbocycles. The van der Waals surface area contributed by atoms with Gasteiger partial charge >= 0.3 is 7.82 Å². The molecule has 0 bridgehead atoms. The summed E-state index contributed by atoms with van der Waals surface area (Å²) in [6.45, 7) is -22.4. The molecule has 66 heteroatoms. The molecule has 0 aliphatic carbocycles. The van der Waals surface area contributed by atoms with Crippen LogP contribution in [0.15, 0.2) is 0 Å². The Bertz CT molecular complexity index is 2930. The number of phosphoric ester groups is 11. The van der Waals surface area contributed by atoms with E-state index in [0.717, 1.165) is 0 Å². The van der Waals surface area contributed by atoms with Crippen molar-refractivity contribution in [2.75, 3.05) is 228 Å². The molecule has 0 aromatic carbocycles. The van der Waals surface area contributed by atoms with Crippen LogP contribution in [0.25, 0.3) is 0 Å². The Morgan fingerprint density at radius 1 is 0.283 bits per heavy atom. The van der Waals surface area contributed by atoms with Gasteiger partial charge in [0.15, 0.2) is 6.73 Å². The Balaban J connectivity index is 0. The van der Waals surface area contributed by atoms with Gasteiger partial charge in [-0.05, 0) is 28.2 Å². The van der Waals surface area contributed by atoms with E-state index in [9.17, 15) is 104 Å². The number of phosphoric acid groups is 11. The largest absolute Gasteiger partial charge is 0.756 e. The molecule has 0 fully saturated rings. The lowest BCUT2D eigenvalue weighted by Gasteiger charge is -2.32. The second kappa shape index (κ2) is 55.4. The monoisotopic (exact) mass is 1780 g/mol. The molecule has 15 atom stereocenters. The first-order valence-electron chi connectivity index (χ1n) is 29.2. The molecule has 0 amide bonds. The number of aliphatic hydroxyl groups is 1. The van der Waals surface area contributed by atoms with Crippen LogP contribution in [-0.2, 0) is 169 Å². The van der Waals surface area contributed by atoms with Gasteiger partial charge in [0, 0.05) is 0 Å². The highest BCUT2D eigenvalue weighted by atomic mass is 31.2. The molecular weight excluding hydrogens is 1690 g/mol. The molecule has 0 spiro atoms. The molecule has 0 aliphatic rings. The van der Waals surface area contributed by atoms with E-state index in [2.05, 4.69) is 103 Å². The molecule has 55 nitrogen and oxygen atoms in total. The fraction of sp³-hybridized carbons (Fsp3) is 1.00. The SMILES string of the molecule is C.CNCOCC(COP(=O)([O-])OCCOP(=O)([O-])OCCOP(=O)([O-])OCCOP(=O)([O-])OC(COC[N+](C)(C)C)COP(=O)([O-])OCCOP(=O)([O-])OC(COCNC)COP(=O)([O-])OCCOP(=O)([O-])OC(COCNC)COP(=O)([O-])OCCOP(=O)([O-])OC(CO)COCNC)OP(=O)(O)O. The Morgan fingerprint density at radius 3 is 0.660 bits per heavy atom. The van der Waals surface area contributed by atoms with Crippen molar-refractivity contribution in [2.24, 2.45) is 0 Å². The number of quaternary nitrogens is 1. The summed E-state index contributed by atoms with van der Waals surface area (Å²) < 4.78 is 256. The van der Waals surface area contributed by atoms with E-state index in [1.807, 2.05) is 0 Å². The molecule has 0 aromatic rings. The zero-order valence-electron chi connectivity index (χ0n) is 56.9. The highest BCUT2D eigenvalue weighted by Crippen LogP contribution is 2.49. The number of ether oxygens (including phenoxy) is 5. The fourth-order valence-corrected chi connectivity index (χ4v) is 14.1. The summed E-state index contributed by atoms with van der Waals surface area (Å²) in [5.74, 6) is 0. The fourth-order valence-electron chi connectivity index (χ4n) is 5.94. The third kappa shape index (κ3) is 64.0. The molecule has 7 N–H and O–H groups in total. The average Bonchev–Trinajstić information content (AvgIpc) is 0.888. The first-order chi connectivity index (χ1) is 48.4. The van der Waals surface area contributed by atoms with Crippen LogP contribution in [0.1, 0.15) is 7.43 Å². The van der Waals surface area contributed by atoms with Gasteiger partial charge in [-0.2, -0.15) is 0 Å². The van der Waals surface area contributed by atoms with Gasteiger partial charge in [-0.25, -0.2) is 4.57 Å². The average molecular weight is 1780 g/mol. The van der Waals surface area contributed by atoms with Crippen LogP contribution in [0.3, 0.4) is 0 Å². The summed E-state index contributed by atoms with van der Waals surface area (Å²) in [5.41, 5.74) is 0. The maximum Gasteiger partial charge on any atom is 0.470 e. The van der Waals surface area contributed by atoms with E-state index < -0.39 is 255 Å². The Morgan fingerprint density at radius 2 is 0.462 bits per heavy atom. The molecule has 106 heavy (non-hydrogen) atoms. The van der Waals surface area contributed by atoms with Gasteiger partial charge < -0.3 is 182 Å². The minimum Gasteiger partial charge on any atom is -0.756 e. The van der Waals surface area contributed by atoms with Crippen LogP contribution < -0.4 is 70.2 Å². The van der Waals surface area contributed by atoms with Crippen molar-refractivity contribution < 1.29 is 237 Å². The van der Waals surface area contributed by atoms with E-state index in [0.29, 0.717) is 0 Å². The third-order valence-corrected chi connectivity index (χ3v) is 20.4. The minimum atomic E-state index is -5.60. The van der Waals surface area contributed by atoms with Crippen LogP contribution >= 0.6 is 86.0 Å². The first-order valence-corrected chi connectivity index (χ1v) is 45.4. The smallest absolute Gasteiger partial charge is 0.470 e. The minimum absolute atomic E-state index is 0. The molecular formula is C40H91N5O50P11-9. The lowest BCUT2D eigenvalue weighted by atomic mass is 10.4. The van der Waals surface area contributed by atoms with Crippen molar-refractivity contribution in [1.82, 2.24) is 21.3 Å². The number of aliphatic hydroxyl groups excluding tert-OH is 1. The second-order valence-electron chi connectivity index (χ2n) is 20.2. The van der Waals surface area contributed by atoms with Crippen molar-refractivity contribution in [3.63, 3.8) is 0 Å². The molecule has 15 unspecified atom stereocenters. The van der Waals surface area contributed by atoms with Crippen molar-refractivity contribution in [2.45, 2.75) is 37.9 Å². The van der Waals surface area contributed by atoms with Crippen molar-refractivity contribution in [3.8, 4) is 0 Å². The maximum absolute atomic E-state index is 12.7. The molecule has 0 aliphatic heterocycles. The summed E-state index contributed by atoms with van der Waals surface area (Å²) in [5, 5.41) is 19.4. The third-order valence-electron chi connectivity index (χ3n) is 9.75. The Kier molecular flexibility index (Phi) is 56.9. The summed E-state index contributed by atoms with van der Waals surface area (Å²) >= 11 is 0. The van der Waals surface area contributed by atoms with Gasteiger partial charge in [0.1, 0.15) is 30.5 Å². The van der Waals surface area contributed by atoms with E-state index in [1.54, 1.807) is 21.1 Å². The predicted octanol–water partition coefficient (Wildman–Crippen LogP) is -6.96. The normalized spacial score (nSPS) is 19.7. The number of hydrogen-bond acceptors (Lipinski definition) is 52. The number of hydrogen-bond donors (Lipinski definition) is 7. The van der Waals surface area contributed by atoms with Gasteiger partial charge in [0.05, 0.1) is 193 Å². The van der Waals surface area contributed by atoms with E-state index in [1.165, 1.54) is 28.2 Å². The van der Waals surface area contributed by atoms with Crippen molar-refractivity contribution >= 4 is 86.0 Å². The molecule has 0 radical (unpaired) electrons. The summed E-state index contributed by atoms with van der Waals surface area (Å²) in [6.07, 6.45) is -8.58. The van der Waals surface area contributed by atoms with Gasteiger partial charge in [-0.15, -0.1) is 0 Å². The second-order valence-corrected chi connectivity index (χ2v) is 35.3. The van der Waals surface area contributed by atoms with Gasteiger partial charge in [-0.3, -0.25) is 71.4 Å². The molecule has 0 aromatic heterocycles. The summed E-state index contributed by atoms with van der Waals surface area (Å²) in [4.78, 5) is 142. The van der Waals surface area contributed by atoms with Gasteiger partial charge in [0.25, 0.3) is 78.2 Å². The zero-order chi connectivity index (χ0) is 80.2. The summed E-state index contributed by atoms with van der Waals surface area (Å²) in [7, 11) is -48.8. The highest BCUT2D eigenvalue weighted by Gasteiger charge is 2.29. The van der Waals surface area contributed by atoms with E-state index in [4.69, 9.17) is 47.0 Å². The van der Waals surface area contributed by atoms with Crippen molar-refractivity contribution in [3.05, 3.63) is 0 Å². The quantitative estimate of drug-likeness (QED) is 0.0129. The van der Waals surface area contributed by atoms with Crippen molar-refractivity contribution in [1.29, 1.82) is 0 Å². The maximum atomic E-state index is 12.7. The highest BCUT2D eigenvalue weighted by molar-refractivity contribution is 7.48. The van der Waals surface area contributed by atoms with Gasteiger partial charge in [0.2, 0.25) is 0 Å².